The third-order valence-electron chi connectivity index (χ3n) is 14.5. The van der Waals surface area contributed by atoms with Gasteiger partial charge in [-0.1, -0.05) is 121 Å². The van der Waals surface area contributed by atoms with Gasteiger partial charge in [0.05, 0.1) is 44.6 Å². The predicted octanol–water partition coefficient (Wildman–Crippen LogP) is 14.6. The standard InChI is InChI=1S/C56H51N5/c1-11-20-35(3)36(4)30-39-29-28-37(21-12-2)59(39)52-44(33-57)45(34-58)53(51-50(52)54(5,6)56(9,10)55(51,7)8)61-47-27-19-17-25-41(47)43-31-48-42(32-49(43)61)40-24-16-18-26-46(40)60(48)38-22-14-13-15-23-38/h11-32H,3H2,1-2,4-10H3. The third-order valence-corrected chi connectivity index (χ3v) is 14.5. The summed E-state index contributed by atoms with van der Waals surface area (Å²) in [4.78, 5) is 0. The number of aromatic nitrogens is 3. The summed E-state index contributed by atoms with van der Waals surface area (Å²) in [6, 6.07) is 41.8. The molecule has 0 fully saturated rings. The highest BCUT2D eigenvalue weighted by Gasteiger charge is 2.60. The number of para-hydroxylation sites is 3. The summed E-state index contributed by atoms with van der Waals surface area (Å²) in [6.45, 7) is 24.4. The van der Waals surface area contributed by atoms with Gasteiger partial charge in [-0.05, 0) is 120 Å². The topological polar surface area (TPSA) is 62.4 Å². The van der Waals surface area contributed by atoms with Crippen molar-refractivity contribution >= 4 is 55.8 Å². The van der Waals surface area contributed by atoms with Gasteiger partial charge in [0.25, 0.3) is 0 Å². The van der Waals surface area contributed by atoms with Crippen molar-refractivity contribution in [1.29, 1.82) is 10.5 Å². The van der Waals surface area contributed by atoms with Gasteiger partial charge in [-0.2, -0.15) is 10.5 Å². The molecule has 9 rings (SSSR count). The number of nitriles is 2. The van der Waals surface area contributed by atoms with Gasteiger partial charge < -0.3 is 13.7 Å². The van der Waals surface area contributed by atoms with E-state index in [9.17, 15) is 10.5 Å². The second kappa shape index (κ2) is 14.0. The number of allylic oxidation sites excluding steroid dienone is 5. The molecule has 5 aromatic carbocycles. The Hall–Kier alpha value is -7.08. The molecule has 61 heavy (non-hydrogen) atoms. The van der Waals surface area contributed by atoms with Crippen molar-refractivity contribution in [2.45, 2.75) is 73.1 Å². The number of hydrogen-bond donors (Lipinski definition) is 0. The van der Waals surface area contributed by atoms with Gasteiger partial charge >= 0.3 is 0 Å². The van der Waals surface area contributed by atoms with Crippen LogP contribution in [0.3, 0.4) is 0 Å². The molecule has 0 N–H and O–H groups in total. The summed E-state index contributed by atoms with van der Waals surface area (Å²) in [5.41, 5.74) is 12.3. The molecule has 1 aliphatic rings. The van der Waals surface area contributed by atoms with E-state index in [4.69, 9.17) is 0 Å². The number of benzene rings is 5. The third kappa shape index (κ3) is 5.37. The molecule has 300 valence electrons. The molecule has 0 unspecified atom stereocenters. The maximum Gasteiger partial charge on any atom is 0.103 e. The smallest absolute Gasteiger partial charge is 0.103 e. The first-order valence-electron chi connectivity index (χ1n) is 21.2. The van der Waals surface area contributed by atoms with Gasteiger partial charge in [-0.3, -0.25) is 0 Å². The van der Waals surface area contributed by atoms with E-state index in [1.165, 1.54) is 0 Å². The van der Waals surface area contributed by atoms with Gasteiger partial charge in [-0.25, -0.2) is 0 Å². The van der Waals surface area contributed by atoms with Crippen LogP contribution in [0.25, 0.3) is 72.8 Å². The fourth-order valence-corrected chi connectivity index (χ4v) is 10.3. The second-order valence-electron chi connectivity index (χ2n) is 18.1. The lowest BCUT2D eigenvalue weighted by Crippen LogP contribution is -2.42. The summed E-state index contributed by atoms with van der Waals surface area (Å²) in [7, 11) is 0. The monoisotopic (exact) mass is 793 g/mol. The van der Waals surface area contributed by atoms with Gasteiger partial charge in [0, 0.05) is 38.6 Å². The number of rotatable bonds is 7. The Balaban J connectivity index is 1.50. The van der Waals surface area contributed by atoms with Gasteiger partial charge in [-0.15, -0.1) is 0 Å². The maximum absolute atomic E-state index is 11.6. The minimum atomic E-state index is -0.458. The zero-order chi connectivity index (χ0) is 43.2. The normalized spacial score (nSPS) is 15.7. The molecule has 3 aromatic heterocycles. The van der Waals surface area contributed by atoms with Crippen LogP contribution >= 0.6 is 0 Å². The van der Waals surface area contributed by atoms with Crippen LogP contribution in [-0.2, 0) is 10.8 Å². The van der Waals surface area contributed by atoms with Crippen LogP contribution in [0.4, 0.5) is 0 Å². The molecule has 0 radical (unpaired) electrons. The average molecular weight is 794 g/mol. The molecule has 3 heterocycles. The molecule has 0 saturated heterocycles. The van der Waals surface area contributed by atoms with E-state index in [1.54, 1.807) is 0 Å². The largest absolute Gasteiger partial charge is 0.309 e. The minimum Gasteiger partial charge on any atom is -0.309 e. The average Bonchev–Trinajstić information content (AvgIpc) is 3.93. The van der Waals surface area contributed by atoms with Gasteiger partial charge in [0.15, 0.2) is 0 Å². The number of hydrogen-bond acceptors (Lipinski definition) is 2. The van der Waals surface area contributed by atoms with Gasteiger partial charge in [0.2, 0.25) is 0 Å². The first kappa shape index (κ1) is 39.4. The van der Waals surface area contributed by atoms with Crippen molar-refractivity contribution in [2.24, 2.45) is 5.41 Å². The van der Waals surface area contributed by atoms with Crippen LogP contribution in [0.1, 0.15) is 96.0 Å². The maximum atomic E-state index is 11.6. The lowest BCUT2D eigenvalue weighted by Gasteiger charge is -2.45. The van der Waals surface area contributed by atoms with E-state index in [0.29, 0.717) is 11.1 Å². The van der Waals surface area contributed by atoms with Crippen molar-refractivity contribution in [3.8, 4) is 29.2 Å². The molecule has 0 bridgehead atoms. The van der Waals surface area contributed by atoms with Crippen molar-refractivity contribution < 1.29 is 0 Å². The minimum absolute atomic E-state index is 0.318. The molecule has 0 spiro atoms. The molecule has 0 saturated carbocycles. The quantitative estimate of drug-likeness (QED) is 0.151. The Labute approximate surface area is 359 Å². The molecule has 0 atom stereocenters. The fraction of sp³-hybridized carbons (Fsp3) is 0.214. The van der Waals surface area contributed by atoms with E-state index in [0.717, 1.165) is 94.3 Å². The van der Waals surface area contributed by atoms with Crippen molar-refractivity contribution in [1.82, 2.24) is 13.7 Å². The van der Waals surface area contributed by atoms with Crippen molar-refractivity contribution in [2.75, 3.05) is 0 Å². The van der Waals surface area contributed by atoms with Crippen LogP contribution in [0.5, 0.6) is 0 Å². The van der Waals surface area contributed by atoms with Crippen molar-refractivity contribution in [3.63, 3.8) is 0 Å². The molecule has 1 aliphatic carbocycles. The molecule has 8 aromatic rings. The molecule has 0 amide bonds. The van der Waals surface area contributed by atoms with Gasteiger partial charge in [0.1, 0.15) is 12.1 Å². The van der Waals surface area contributed by atoms with E-state index in [-0.39, 0.29) is 5.41 Å². The van der Waals surface area contributed by atoms with E-state index in [2.05, 4.69) is 196 Å². The fourth-order valence-electron chi connectivity index (χ4n) is 10.3. The zero-order valence-corrected chi connectivity index (χ0v) is 36.6. The Kier molecular flexibility index (Phi) is 9.04. The molecular weight excluding hydrogens is 743 g/mol. The molecule has 5 heteroatoms. The summed E-state index contributed by atoms with van der Waals surface area (Å²) in [5.74, 6) is 0. The Morgan fingerprint density at radius 1 is 0.574 bits per heavy atom. The Morgan fingerprint density at radius 2 is 1.07 bits per heavy atom. The van der Waals surface area contributed by atoms with Crippen LogP contribution in [0.15, 0.2) is 139 Å². The molecule has 0 aliphatic heterocycles. The van der Waals surface area contributed by atoms with Crippen LogP contribution in [-0.4, -0.2) is 13.7 Å². The highest BCUT2D eigenvalue weighted by atomic mass is 15.0. The highest BCUT2D eigenvalue weighted by molar-refractivity contribution is 6.19. The first-order chi connectivity index (χ1) is 29.2. The number of fused-ring (bicyclic) bond motifs is 7. The predicted molar refractivity (Wildman–Crippen MR) is 256 cm³/mol. The summed E-state index contributed by atoms with van der Waals surface area (Å²) >= 11 is 0. The Morgan fingerprint density at radius 3 is 1.61 bits per heavy atom. The number of nitrogens with zero attached hydrogens (tertiary/aromatic N) is 5. The summed E-state index contributed by atoms with van der Waals surface area (Å²) < 4.78 is 6.88. The van der Waals surface area contributed by atoms with Crippen LogP contribution in [0.2, 0.25) is 0 Å². The molecule has 5 nitrogen and oxygen atoms in total. The van der Waals surface area contributed by atoms with E-state index >= 15 is 0 Å². The van der Waals surface area contributed by atoms with E-state index in [1.807, 2.05) is 32.1 Å². The van der Waals surface area contributed by atoms with Crippen LogP contribution in [0, 0.1) is 28.1 Å². The first-order valence-corrected chi connectivity index (χ1v) is 21.2. The summed E-state index contributed by atoms with van der Waals surface area (Å²) in [5, 5.41) is 27.7. The lowest BCUT2D eigenvalue weighted by atomic mass is 9.59. The van der Waals surface area contributed by atoms with Crippen molar-refractivity contribution in [3.05, 3.63) is 173 Å². The summed E-state index contributed by atoms with van der Waals surface area (Å²) in [6.07, 6.45) is 10.3. The Bertz CT molecular complexity index is 3330. The second-order valence-corrected chi connectivity index (χ2v) is 18.1. The highest BCUT2D eigenvalue weighted by Crippen LogP contribution is 2.65. The lowest BCUT2D eigenvalue weighted by molar-refractivity contribution is 0.125. The van der Waals surface area contributed by atoms with E-state index < -0.39 is 10.8 Å². The zero-order valence-electron chi connectivity index (χ0n) is 36.6. The van der Waals surface area contributed by atoms with Crippen LogP contribution < -0.4 is 0 Å². The SMILES string of the molecule is C=C(C=CC)C(C)=Cc1ccc(C=CC)n1-c1c(C#N)c(C#N)c(-n2c3ccccc3c3cc4c(cc32)c2ccccc2n4-c2ccccc2)c2c1C(C)(C)C(C)(C)C2(C)C. The molecular formula is C56H51N5.